The van der Waals surface area contributed by atoms with E-state index in [0.29, 0.717) is 12.0 Å². The number of hydrogen-bond donors (Lipinski definition) is 1. The average molecular weight is 371 g/mol. The van der Waals surface area contributed by atoms with Crippen LogP contribution in [-0.2, 0) is 6.54 Å². The highest BCUT2D eigenvalue weighted by Crippen LogP contribution is 2.21. The molecule has 0 atom stereocenters. The summed E-state index contributed by atoms with van der Waals surface area (Å²) in [7, 11) is 0. The van der Waals surface area contributed by atoms with Crippen LogP contribution >= 0.6 is 0 Å². The lowest BCUT2D eigenvalue weighted by Crippen LogP contribution is -2.43. The van der Waals surface area contributed by atoms with Gasteiger partial charge in [-0.15, -0.1) is 0 Å². The van der Waals surface area contributed by atoms with Crippen molar-refractivity contribution < 1.29 is 0 Å². The molecule has 1 saturated heterocycles. The van der Waals surface area contributed by atoms with Gasteiger partial charge in [0.05, 0.1) is 5.69 Å². The van der Waals surface area contributed by atoms with Gasteiger partial charge in [-0.3, -0.25) is 4.68 Å². The summed E-state index contributed by atoms with van der Waals surface area (Å²) in [5.41, 5.74) is 3.42. The van der Waals surface area contributed by atoms with Gasteiger partial charge >= 0.3 is 0 Å². The maximum absolute atomic E-state index is 4.79. The van der Waals surface area contributed by atoms with E-state index in [2.05, 4.69) is 71.7 Å². The quantitative estimate of drug-likeness (QED) is 0.757. The van der Waals surface area contributed by atoms with E-state index in [1.807, 2.05) is 0 Å². The van der Waals surface area contributed by atoms with Crippen molar-refractivity contribution in [3.63, 3.8) is 0 Å². The molecule has 0 amide bonds. The Morgan fingerprint density at radius 3 is 2.44 bits per heavy atom. The molecule has 3 rings (SSSR count). The molecular weight excluding hydrogens is 336 g/mol. The van der Waals surface area contributed by atoms with Crippen LogP contribution in [0.5, 0.6) is 0 Å². The van der Waals surface area contributed by atoms with Crippen LogP contribution in [0, 0.1) is 20.8 Å². The first-order valence-electron chi connectivity index (χ1n) is 10.3. The largest absolute Gasteiger partial charge is 0.356 e. The predicted molar refractivity (Wildman–Crippen MR) is 110 cm³/mol. The molecule has 0 unspecified atom stereocenters. The van der Waals surface area contributed by atoms with Crippen LogP contribution in [0.15, 0.2) is 12.1 Å². The molecule has 1 fully saturated rings. The molecular formula is C21H34N6. The van der Waals surface area contributed by atoms with E-state index >= 15 is 0 Å². The van der Waals surface area contributed by atoms with E-state index < -0.39 is 0 Å². The van der Waals surface area contributed by atoms with E-state index in [9.17, 15) is 0 Å². The van der Waals surface area contributed by atoms with Crippen LogP contribution in [0.1, 0.15) is 61.9 Å². The summed E-state index contributed by atoms with van der Waals surface area (Å²) >= 11 is 0. The van der Waals surface area contributed by atoms with Crippen LogP contribution < -0.4 is 10.2 Å². The van der Waals surface area contributed by atoms with Crippen molar-refractivity contribution in [2.24, 2.45) is 0 Å². The molecule has 1 aliphatic heterocycles. The molecule has 1 aliphatic rings. The van der Waals surface area contributed by atoms with E-state index in [1.54, 1.807) is 0 Å². The number of nitrogens with one attached hydrogen (secondary N) is 1. The maximum Gasteiger partial charge on any atom is 0.133 e. The maximum atomic E-state index is 4.79. The molecule has 27 heavy (non-hydrogen) atoms. The van der Waals surface area contributed by atoms with Gasteiger partial charge < -0.3 is 10.2 Å². The van der Waals surface area contributed by atoms with Crippen LogP contribution in [0.3, 0.4) is 0 Å². The van der Waals surface area contributed by atoms with Gasteiger partial charge in [-0.2, -0.15) is 5.10 Å². The van der Waals surface area contributed by atoms with E-state index in [4.69, 9.17) is 4.98 Å². The van der Waals surface area contributed by atoms with Crippen molar-refractivity contribution in [3.8, 4) is 0 Å². The topological polar surface area (TPSA) is 58.9 Å². The Hall–Kier alpha value is -1.95. The Bertz CT molecular complexity index is 743. The van der Waals surface area contributed by atoms with Crippen molar-refractivity contribution in [2.75, 3.05) is 24.5 Å². The van der Waals surface area contributed by atoms with Crippen molar-refractivity contribution in [1.82, 2.24) is 25.1 Å². The zero-order chi connectivity index (χ0) is 19.4. The Morgan fingerprint density at radius 2 is 1.81 bits per heavy atom. The minimum Gasteiger partial charge on any atom is -0.356 e. The Balaban J connectivity index is 1.43. The first kappa shape index (κ1) is 19.8. The summed E-state index contributed by atoms with van der Waals surface area (Å²) in [6.45, 7) is 14.7. The number of piperidine rings is 1. The second kappa shape index (κ2) is 8.83. The summed E-state index contributed by atoms with van der Waals surface area (Å²) in [6, 6.07) is 4.87. The fourth-order valence-corrected chi connectivity index (χ4v) is 3.74. The molecule has 6 heteroatoms. The van der Waals surface area contributed by atoms with Gasteiger partial charge in [-0.1, -0.05) is 13.8 Å². The zero-order valence-electron chi connectivity index (χ0n) is 17.5. The molecule has 0 aromatic carbocycles. The molecule has 0 saturated carbocycles. The Kier molecular flexibility index (Phi) is 6.47. The van der Waals surface area contributed by atoms with Crippen molar-refractivity contribution >= 4 is 5.82 Å². The van der Waals surface area contributed by atoms with Gasteiger partial charge in [0.2, 0.25) is 0 Å². The summed E-state index contributed by atoms with van der Waals surface area (Å²) in [5.74, 6) is 2.41. The fraction of sp³-hybridized carbons (Fsp3) is 0.667. The highest BCUT2D eigenvalue weighted by atomic mass is 15.3. The summed E-state index contributed by atoms with van der Waals surface area (Å²) in [6.07, 6.45) is 3.45. The first-order chi connectivity index (χ1) is 12.9. The van der Waals surface area contributed by atoms with Crippen LogP contribution in [0.25, 0.3) is 0 Å². The number of hydrogen-bond acceptors (Lipinski definition) is 5. The fourth-order valence-electron chi connectivity index (χ4n) is 3.74. The Morgan fingerprint density at radius 1 is 1.07 bits per heavy atom. The van der Waals surface area contributed by atoms with Gasteiger partial charge in [0.1, 0.15) is 11.6 Å². The lowest BCUT2D eigenvalue weighted by molar-refractivity contribution is 0.402. The molecule has 6 nitrogen and oxygen atoms in total. The first-order valence-corrected chi connectivity index (χ1v) is 10.3. The highest BCUT2D eigenvalue weighted by Gasteiger charge is 2.20. The zero-order valence-corrected chi connectivity index (χ0v) is 17.5. The number of anilines is 1. The van der Waals surface area contributed by atoms with Crippen LogP contribution in [-0.4, -0.2) is 45.4 Å². The minimum absolute atomic E-state index is 0.366. The van der Waals surface area contributed by atoms with Gasteiger partial charge in [-0.05, 0) is 52.6 Å². The van der Waals surface area contributed by atoms with Crippen LogP contribution in [0.2, 0.25) is 0 Å². The summed E-state index contributed by atoms with van der Waals surface area (Å²) in [5, 5.41) is 8.27. The number of rotatable bonds is 7. The highest BCUT2D eigenvalue weighted by molar-refractivity contribution is 5.40. The van der Waals surface area contributed by atoms with E-state index in [1.165, 1.54) is 18.5 Å². The second-order valence-corrected chi connectivity index (χ2v) is 8.10. The molecule has 0 radical (unpaired) electrons. The third-order valence-corrected chi connectivity index (χ3v) is 5.28. The van der Waals surface area contributed by atoms with Crippen molar-refractivity contribution in [2.45, 2.75) is 72.4 Å². The monoisotopic (exact) mass is 370 g/mol. The predicted octanol–water partition coefficient (Wildman–Crippen LogP) is 3.37. The molecule has 148 valence electrons. The van der Waals surface area contributed by atoms with Gasteiger partial charge in [-0.25, -0.2) is 9.97 Å². The third kappa shape index (κ3) is 5.28. The molecule has 0 aliphatic carbocycles. The lowest BCUT2D eigenvalue weighted by Gasteiger charge is -2.33. The van der Waals surface area contributed by atoms with Crippen molar-refractivity contribution in [3.05, 3.63) is 35.0 Å². The Labute approximate surface area is 163 Å². The lowest BCUT2D eigenvalue weighted by atomic mass is 10.0. The standard InChI is InChI=1S/C21H34N6/c1-15(2)21-23-16(3)14-20(24-21)26-11-7-19(8-12-26)22-9-6-10-27-18(5)13-17(4)25-27/h13-15,19,22H,6-12H2,1-5H3. The SMILES string of the molecule is Cc1cc(N2CCC(NCCCn3nc(C)cc3C)CC2)nc(C(C)C)n1. The third-order valence-electron chi connectivity index (χ3n) is 5.28. The second-order valence-electron chi connectivity index (χ2n) is 8.10. The van der Waals surface area contributed by atoms with Gasteiger partial charge in [0, 0.05) is 49.0 Å². The van der Waals surface area contributed by atoms with Crippen molar-refractivity contribution in [1.29, 1.82) is 0 Å². The average Bonchev–Trinajstić information content (AvgIpc) is 2.96. The molecule has 0 spiro atoms. The normalized spacial score (nSPS) is 15.7. The number of nitrogens with zero attached hydrogens (tertiary/aromatic N) is 5. The molecule has 3 heterocycles. The summed E-state index contributed by atoms with van der Waals surface area (Å²) in [4.78, 5) is 11.8. The van der Waals surface area contributed by atoms with Crippen LogP contribution in [0.4, 0.5) is 5.82 Å². The summed E-state index contributed by atoms with van der Waals surface area (Å²) < 4.78 is 2.11. The number of aryl methyl sites for hydroxylation is 4. The van der Waals surface area contributed by atoms with Gasteiger partial charge in [0.25, 0.3) is 0 Å². The van der Waals surface area contributed by atoms with Gasteiger partial charge in [0.15, 0.2) is 0 Å². The smallest absolute Gasteiger partial charge is 0.133 e. The molecule has 2 aromatic heterocycles. The molecule has 1 N–H and O–H groups in total. The molecule has 2 aromatic rings. The minimum atomic E-state index is 0.366. The molecule has 0 bridgehead atoms. The van der Waals surface area contributed by atoms with E-state index in [-0.39, 0.29) is 0 Å². The van der Waals surface area contributed by atoms with E-state index in [0.717, 1.165) is 55.6 Å². The number of aromatic nitrogens is 4.